The fourth-order valence-electron chi connectivity index (χ4n) is 2.80. The molecule has 0 aromatic carbocycles. The van der Waals surface area contributed by atoms with Crippen LogP contribution in [0.2, 0.25) is 0 Å². The van der Waals surface area contributed by atoms with Crippen LogP contribution in [0.15, 0.2) is 48.1 Å². The van der Waals surface area contributed by atoms with Gasteiger partial charge in [0.1, 0.15) is 10.8 Å². The van der Waals surface area contributed by atoms with Crippen LogP contribution >= 0.6 is 11.3 Å². The van der Waals surface area contributed by atoms with Gasteiger partial charge in [0.25, 0.3) is 0 Å². The van der Waals surface area contributed by atoms with Crippen LogP contribution in [0.1, 0.15) is 5.69 Å². The number of rotatable bonds is 5. The molecule has 0 aliphatic carbocycles. The summed E-state index contributed by atoms with van der Waals surface area (Å²) >= 11 is 1.49. The standard InChI is InChI=1S/C19H19N5O2S/c25-18(11-15-13-27-19(23-15)16-3-1-2-6-20-16)22-14-4-5-17(21-12-14)24-7-9-26-10-8-24/h1-6,12-13H,7-11H2,(H,22,25). The van der Waals surface area contributed by atoms with Crippen LogP contribution in [0.5, 0.6) is 0 Å². The van der Waals surface area contributed by atoms with Crippen molar-refractivity contribution in [2.45, 2.75) is 6.42 Å². The highest BCUT2D eigenvalue weighted by Crippen LogP contribution is 2.22. The topological polar surface area (TPSA) is 80.2 Å². The maximum Gasteiger partial charge on any atom is 0.230 e. The second-order valence-electron chi connectivity index (χ2n) is 6.09. The lowest BCUT2D eigenvalue weighted by molar-refractivity contribution is -0.115. The lowest BCUT2D eigenvalue weighted by Gasteiger charge is -2.27. The van der Waals surface area contributed by atoms with Gasteiger partial charge in [0.05, 0.1) is 42.9 Å². The summed E-state index contributed by atoms with van der Waals surface area (Å²) in [7, 11) is 0. The Morgan fingerprint density at radius 2 is 2.07 bits per heavy atom. The van der Waals surface area contributed by atoms with E-state index in [0.717, 1.165) is 35.3 Å². The molecule has 0 unspecified atom stereocenters. The van der Waals surface area contributed by atoms with Crippen LogP contribution in [0, 0.1) is 0 Å². The molecule has 1 amide bonds. The Bertz CT molecular complexity index is 892. The van der Waals surface area contributed by atoms with E-state index in [1.54, 1.807) is 12.4 Å². The Hall–Kier alpha value is -2.84. The molecule has 3 aromatic rings. The van der Waals surface area contributed by atoms with Gasteiger partial charge in [0.2, 0.25) is 5.91 Å². The number of anilines is 2. The van der Waals surface area contributed by atoms with Gasteiger partial charge in [-0.1, -0.05) is 6.07 Å². The average Bonchev–Trinajstić information content (AvgIpc) is 3.18. The van der Waals surface area contributed by atoms with Crippen molar-refractivity contribution in [3.63, 3.8) is 0 Å². The molecule has 0 atom stereocenters. The molecule has 0 radical (unpaired) electrons. The number of pyridine rings is 2. The maximum atomic E-state index is 12.3. The third kappa shape index (κ3) is 4.47. The molecule has 1 N–H and O–H groups in total. The number of nitrogens with zero attached hydrogens (tertiary/aromatic N) is 4. The van der Waals surface area contributed by atoms with Gasteiger partial charge in [-0.3, -0.25) is 9.78 Å². The lowest BCUT2D eigenvalue weighted by atomic mass is 10.3. The summed E-state index contributed by atoms with van der Waals surface area (Å²) in [5, 5.41) is 5.58. The SMILES string of the molecule is O=C(Cc1csc(-c2ccccn2)n1)Nc1ccc(N2CCOCC2)nc1. The minimum Gasteiger partial charge on any atom is -0.378 e. The minimum absolute atomic E-state index is 0.117. The third-order valence-electron chi connectivity index (χ3n) is 4.14. The van der Waals surface area contributed by atoms with Crippen LogP contribution < -0.4 is 10.2 Å². The molecule has 4 heterocycles. The van der Waals surface area contributed by atoms with Gasteiger partial charge in [-0.05, 0) is 24.3 Å². The second-order valence-corrected chi connectivity index (χ2v) is 6.95. The Balaban J connectivity index is 1.35. The van der Waals surface area contributed by atoms with Gasteiger partial charge in [-0.15, -0.1) is 11.3 Å². The van der Waals surface area contributed by atoms with Crippen molar-refractivity contribution in [3.05, 3.63) is 53.8 Å². The van der Waals surface area contributed by atoms with E-state index in [-0.39, 0.29) is 12.3 Å². The van der Waals surface area contributed by atoms with Crippen LogP contribution in [0.4, 0.5) is 11.5 Å². The molecule has 1 aliphatic rings. The van der Waals surface area contributed by atoms with Gasteiger partial charge in [-0.25, -0.2) is 9.97 Å². The number of hydrogen-bond acceptors (Lipinski definition) is 7. The summed E-state index contributed by atoms with van der Waals surface area (Å²) in [6.45, 7) is 3.10. The Morgan fingerprint density at radius 1 is 1.19 bits per heavy atom. The molecular weight excluding hydrogens is 362 g/mol. The van der Waals surface area contributed by atoms with Crippen LogP contribution in [0.3, 0.4) is 0 Å². The summed E-state index contributed by atoms with van der Waals surface area (Å²) in [4.78, 5) is 27.7. The first-order chi connectivity index (χ1) is 13.3. The van der Waals surface area contributed by atoms with E-state index >= 15 is 0 Å². The third-order valence-corrected chi connectivity index (χ3v) is 5.06. The molecule has 1 aliphatic heterocycles. The molecule has 8 heteroatoms. The summed E-state index contributed by atoms with van der Waals surface area (Å²) in [5.41, 5.74) is 2.23. The fourth-order valence-corrected chi connectivity index (χ4v) is 3.60. The van der Waals surface area contributed by atoms with E-state index in [9.17, 15) is 4.79 Å². The molecule has 3 aromatic heterocycles. The smallest absolute Gasteiger partial charge is 0.230 e. The molecule has 0 bridgehead atoms. The van der Waals surface area contributed by atoms with Crippen molar-refractivity contribution >= 4 is 28.7 Å². The number of thiazole rings is 1. The van der Waals surface area contributed by atoms with Crippen molar-refractivity contribution in [1.82, 2.24) is 15.0 Å². The number of amides is 1. The molecule has 0 spiro atoms. The Morgan fingerprint density at radius 3 is 2.81 bits per heavy atom. The second kappa shape index (κ2) is 8.24. The van der Waals surface area contributed by atoms with Gasteiger partial charge in [0.15, 0.2) is 0 Å². The Labute approximate surface area is 161 Å². The Kier molecular flexibility index (Phi) is 5.36. The molecular formula is C19H19N5O2S. The fraction of sp³-hybridized carbons (Fsp3) is 0.263. The molecule has 7 nitrogen and oxygen atoms in total. The summed E-state index contributed by atoms with van der Waals surface area (Å²) in [6.07, 6.45) is 3.63. The quantitative estimate of drug-likeness (QED) is 0.732. The number of hydrogen-bond donors (Lipinski definition) is 1. The van der Waals surface area contributed by atoms with E-state index in [0.29, 0.717) is 18.9 Å². The van der Waals surface area contributed by atoms with Crippen LogP contribution in [-0.2, 0) is 16.0 Å². The first kappa shape index (κ1) is 17.6. The van der Waals surface area contributed by atoms with Crippen LogP contribution in [0.25, 0.3) is 10.7 Å². The van der Waals surface area contributed by atoms with Crippen LogP contribution in [-0.4, -0.2) is 47.2 Å². The zero-order valence-electron chi connectivity index (χ0n) is 14.7. The highest BCUT2D eigenvalue weighted by molar-refractivity contribution is 7.13. The first-order valence-electron chi connectivity index (χ1n) is 8.72. The van der Waals surface area contributed by atoms with E-state index in [4.69, 9.17) is 4.74 Å². The van der Waals surface area contributed by atoms with Gasteiger partial charge < -0.3 is 15.0 Å². The molecule has 27 heavy (non-hydrogen) atoms. The van der Waals surface area contributed by atoms with E-state index in [1.807, 2.05) is 35.7 Å². The molecule has 0 saturated carbocycles. The van der Waals surface area contributed by atoms with Crippen molar-refractivity contribution in [2.75, 3.05) is 36.5 Å². The minimum atomic E-state index is -0.117. The van der Waals surface area contributed by atoms with Crippen molar-refractivity contribution in [3.8, 4) is 10.7 Å². The number of morpholine rings is 1. The number of aromatic nitrogens is 3. The number of ether oxygens (including phenoxy) is 1. The van der Waals surface area contributed by atoms with E-state index < -0.39 is 0 Å². The zero-order chi connectivity index (χ0) is 18.5. The highest BCUT2D eigenvalue weighted by atomic mass is 32.1. The van der Waals surface area contributed by atoms with Crippen molar-refractivity contribution in [2.24, 2.45) is 0 Å². The summed E-state index contributed by atoms with van der Waals surface area (Å²) < 4.78 is 5.35. The van der Waals surface area contributed by atoms with Gasteiger partial charge >= 0.3 is 0 Å². The monoisotopic (exact) mass is 381 g/mol. The number of nitrogens with one attached hydrogen (secondary N) is 1. The first-order valence-corrected chi connectivity index (χ1v) is 9.60. The largest absolute Gasteiger partial charge is 0.378 e. The average molecular weight is 381 g/mol. The number of carbonyl (C=O) groups excluding carboxylic acids is 1. The number of carbonyl (C=O) groups is 1. The zero-order valence-corrected chi connectivity index (χ0v) is 15.5. The van der Waals surface area contributed by atoms with E-state index in [1.165, 1.54) is 11.3 Å². The van der Waals surface area contributed by atoms with Crippen molar-refractivity contribution in [1.29, 1.82) is 0 Å². The summed E-state index contributed by atoms with van der Waals surface area (Å²) in [6, 6.07) is 9.48. The van der Waals surface area contributed by atoms with Crippen molar-refractivity contribution < 1.29 is 9.53 Å². The molecule has 4 rings (SSSR count). The molecule has 1 saturated heterocycles. The predicted molar refractivity (Wildman–Crippen MR) is 105 cm³/mol. The van der Waals surface area contributed by atoms with E-state index in [2.05, 4.69) is 25.2 Å². The summed E-state index contributed by atoms with van der Waals surface area (Å²) in [5.74, 6) is 0.782. The predicted octanol–water partition coefficient (Wildman–Crippen LogP) is 2.62. The molecule has 138 valence electrons. The normalized spacial score (nSPS) is 14.1. The highest BCUT2D eigenvalue weighted by Gasteiger charge is 2.13. The van der Waals surface area contributed by atoms with Gasteiger partial charge in [0, 0.05) is 24.7 Å². The van der Waals surface area contributed by atoms with Gasteiger partial charge in [-0.2, -0.15) is 0 Å². The lowest BCUT2D eigenvalue weighted by Crippen LogP contribution is -2.36. The molecule has 1 fully saturated rings. The maximum absolute atomic E-state index is 12.3.